The third-order valence-corrected chi connectivity index (χ3v) is 3.43. The standard InChI is InChI=1S/C14H16FN3/c15-14-6-2-1-5-13(14)11-8-17-18(10-11)12-4-3-7-16-9-12/h1-2,5-6,8,10,12,16H,3-4,7,9H2. The van der Waals surface area contributed by atoms with Gasteiger partial charge in [-0.25, -0.2) is 4.39 Å². The molecule has 2 aromatic rings. The second-order valence-electron chi connectivity index (χ2n) is 4.69. The van der Waals surface area contributed by atoms with Crippen molar-refractivity contribution in [2.75, 3.05) is 13.1 Å². The van der Waals surface area contributed by atoms with Crippen molar-refractivity contribution < 1.29 is 4.39 Å². The van der Waals surface area contributed by atoms with Crippen LogP contribution in [0.15, 0.2) is 36.7 Å². The third-order valence-electron chi connectivity index (χ3n) is 3.43. The summed E-state index contributed by atoms with van der Waals surface area (Å²) in [5, 5.41) is 7.73. The van der Waals surface area contributed by atoms with Crippen molar-refractivity contribution in [3.8, 4) is 11.1 Å². The molecule has 1 fully saturated rings. The van der Waals surface area contributed by atoms with Gasteiger partial charge in [0.25, 0.3) is 0 Å². The molecule has 1 N–H and O–H groups in total. The van der Waals surface area contributed by atoms with E-state index in [1.54, 1.807) is 18.3 Å². The highest BCUT2D eigenvalue weighted by Crippen LogP contribution is 2.24. The first-order chi connectivity index (χ1) is 8.84. The summed E-state index contributed by atoms with van der Waals surface area (Å²) in [7, 11) is 0. The van der Waals surface area contributed by atoms with Crippen molar-refractivity contribution in [3.05, 3.63) is 42.5 Å². The van der Waals surface area contributed by atoms with Crippen molar-refractivity contribution in [1.82, 2.24) is 15.1 Å². The maximum Gasteiger partial charge on any atom is 0.131 e. The van der Waals surface area contributed by atoms with Crippen molar-refractivity contribution >= 4 is 0 Å². The van der Waals surface area contributed by atoms with Crippen LogP contribution in [0.4, 0.5) is 4.39 Å². The average Bonchev–Trinajstić information content (AvgIpc) is 2.90. The minimum Gasteiger partial charge on any atom is -0.315 e. The molecule has 1 aliphatic heterocycles. The van der Waals surface area contributed by atoms with Gasteiger partial charge in [-0.2, -0.15) is 5.10 Å². The van der Waals surface area contributed by atoms with E-state index in [1.165, 1.54) is 12.5 Å². The highest BCUT2D eigenvalue weighted by atomic mass is 19.1. The quantitative estimate of drug-likeness (QED) is 0.881. The Morgan fingerprint density at radius 3 is 3.00 bits per heavy atom. The van der Waals surface area contributed by atoms with Crippen molar-refractivity contribution in [2.45, 2.75) is 18.9 Å². The number of aromatic nitrogens is 2. The normalized spacial score (nSPS) is 19.9. The molecule has 0 amide bonds. The molecule has 1 saturated heterocycles. The van der Waals surface area contributed by atoms with Gasteiger partial charge < -0.3 is 5.32 Å². The molecule has 2 heterocycles. The van der Waals surface area contributed by atoms with Crippen LogP contribution in [-0.2, 0) is 0 Å². The molecule has 1 atom stereocenters. The lowest BCUT2D eigenvalue weighted by Gasteiger charge is -2.22. The predicted octanol–water partition coefficient (Wildman–Crippen LogP) is 2.61. The largest absolute Gasteiger partial charge is 0.315 e. The Morgan fingerprint density at radius 1 is 1.33 bits per heavy atom. The molecule has 3 nitrogen and oxygen atoms in total. The summed E-state index contributed by atoms with van der Waals surface area (Å²) in [6.45, 7) is 2.02. The highest BCUT2D eigenvalue weighted by molar-refractivity contribution is 5.62. The molecule has 1 aliphatic rings. The van der Waals surface area contributed by atoms with Gasteiger partial charge in [-0.3, -0.25) is 4.68 Å². The first-order valence-corrected chi connectivity index (χ1v) is 6.34. The number of benzene rings is 1. The molecule has 0 spiro atoms. The number of nitrogens with one attached hydrogen (secondary N) is 1. The molecule has 1 aromatic carbocycles. The first kappa shape index (κ1) is 11.4. The molecular formula is C14H16FN3. The zero-order valence-corrected chi connectivity index (χ0v) is 10.1. The Kier molecular flexibility index (Phi) is 3.11. The van der Waals surface area contributed by atoms with Gasteiger partial charge in [0.05, 0.1) is 12.2 Å². The summed E-state index contributed by atoms with van der Waals surface area (Å²) in [5.74, 6) is -0.196. The van der Waals surface area contributed by atoms with E-state index in [0.29, 0.717) is 11.6 Å². The van der Waals surface area contributed by atoms with E-state index in [0.717, 1.165) is 25.1 Å². The first-order valence-electron chi connectivity index (χ1n) is 6.34. The van der Waals surface area contributed by atoms with Crippen LogP contribution in [0.2, 0.25) is 0 Å². The van der Waals surface area contributed by atoms with Gasteiger partial charge >= 0.3 is 0 Å². The number of piperidine rings is 1. The van der Waals surface area contributed by atoms with Crippen molar-refractivity contribution in [2.24, 2.45) is 0 Å². The molecule has 18 heavy (non-hydrogen) atoms. The van der Waals surface area contributed by atoms with Gasteiger partial charge in [-0.1, -0.05) is 18.2 Å². The summed E-state index contributed by atoms with van der Waals surface area (Å²) in [6, 6.07) is 7.20. The van der Waals surface area contributed by atoms with Crippen LogP contribution < -0.4 is 5.32 Å². The number of rotatable bonds is 2. The zero-order valence-electron chi connectivity index (χ0n) is 10.1. The van der Waals surface area contributed by atoms with Crippen LogP contribution in [-0.4, -0.2) is 22.9 Å². The Morgan fingerprint density at radius 2 is 2.22 bits per heavy atom. The molecule has 0 radical (unpaired) electrons. The maximum atomic E-state index is 13.7. The lowest BCUT2D eigenvalue weighted by Crippen LogP contribution is -2.31. The fourth-order valence-corrected chi connectivity index (χ4v) is 2.43. The van der Waals surface area contributed by atoms with E-state index in [9.17, 15) is 4.39 Å². The van der Waals surface area contributed by atoms with Gasteiger partial charge in [-0.15, -0.1) is 0 Å². The molecule has 0 saturated carbocycles. The Labute approximate surface area is 106 Å². The highest BCUT2D eigenvalue weighted by Gasteiger charge is 2.16. The molecular weight excluding hydrogens is 229 g/mol. The molecule has 0 bridgehead atoms. The van der Waals surface area contributed by atoms with Gasteiger partial charge in [0.15, 0.2) is 0 Å². The lowest BCUT2D eigenvalue weighted by atomic mass is 10.1. The fourth-order valence-electron chi connectivity index (χ4n) is 2.43. The van der Waals surface area contributed by atoms with Crippen LogP contribution in [0.3, 0.4) is 0 Å². The van der Waals surface area contributed by atoms with Crippen LogP contribution in [0.5, 0.6) is 0 Å². The predicted molar refractivity (Wildman–Crippen MR) is 68.8 cm³/mol. The second-order valence-corrected chi connectivity index (χ2v) is 4.69. The summed E-state index contributed by atoms with van der Waals surface area (Å²) >= 11 is 0. The summed E-state index contributed by atoms with van der Waals surface area (Å²) in [4.78, 5) is 0. The van der Waals surface area contributed by atoms with E-state index >= 15 is 0 Å². The monoisotopic (exact) mass is 245 g/mol. The molecule has 0 aliphatic carbocycles. The van der Waals surface area contributed by atoms with Crippen LogP contribution >= 0.6 is 0 Å². The Hall–Kier alpha value is -1.68. The Balaban J connectivity index is 1.87. The number of hydrogen-bond donors (Lipinski definition) is 1. The molecule has 3 rings (SSSR count). The summed E-state index contributed by atoms with van der Waals surface area (Å²) in [5.41, 5.74) is 1.46. The Bertz CT molecular complexity index is 529. The lowest BCUT2D eigenvalue weighted by molar-refractivity contribution is 0.347. The molecule has 94 valence electrons. The van der Waals surface area contributed by atoms with Crippen molar-refractivity contribution in [1.29, 1.82) is 0 Å². The smallest absolute Gasteiger partial charge is 0.131 e. The van der Waals surface area contributed by atoms with E-state index in [4.69, 9.17) is 0 Å². The third kappa shape index (κ3) is 2.16. The SMILES string of the molecule is Fc1ccccc1-c1cnn(C2CCCNC2)c1. The summed E-state index contributed by atoms with van der Waals surface area (Å²) in [6.07, 6.45) is 5.98. The van der Waals surface area contributed by atoms with Gasteiger partial charge in [0.1, 0.15) is 5.82 Å². The fraction of sp³-hybridized carbons (Fsp3) is 0.357. The maximum absolute atomic E-state index is 13.7. The average molecular weight is 245 g/mol. The van der Waals surface area contributed by atoms with E-state index in [-0.39, 0.29) is 5.82 Å². The number of nitrogens with zero attached hydrogens (tertiary/aromatic N) is 2. The molecule has 1 unspecified atom stereocenters. The van der Waals surface area contributed by atoms with Gasteiger partial charge in [-0.05, 0) is 25.5 Å². The van der Waals surface area contributed by atoms with E-state index < -0.39 is 0 Å². The van der Waals surface area contributed by atoms with Gasteiger partial charge in [0, 0.05) is 23.9 Å². The van der Waals surface area contributed by atoms with Crippen LogP contribution in [0.25, 0.3) is 11.1 Å². The van der Waals surface area contributed by atoms with Crippen LogP contribution in [0, 0.1) is 5.82 Å². The zero-order chi connectivity index (χ0) is 12.4. The van der Waals surface area contributed by atoms with Crippen molar-refractivity contribution in [3.63, 3.8) is 0 Å². The summed E-state index contributed by atoms with van der Waals surface area (Å²) < 4.78 is 15.6. The van der Waals surface area contributed by atoms with Gasteiger partial charge in [0.2, 0.25) is 0 Å². The van der Waals surface area contributed by atoms with E-state index in [2.05, 4.69) is 10.4 Å². The molecule has 4 heteroatoms. The molecule has 1 aromatic heterocycles. The second kappa shape index (κ2) is 4.90. The van der Waals surface area contributed by atoms with Crippen LogP contribution in [0.1, 0.15) is 18.9 Å². The topological polar surface area (TPSA) is 29.9 Å². The number of hydrogen-bond acceptors (Lipinski definition) is 2. The number of halogens is 1. The minimum atomic E-state index is -0.196. The minimum absolute atomic E-state index is 0.196. The van der Waals surface area contributed by atoms with E-state index in [1.807, 2.05) is 16.9 Å².